The average molecular weight is 423 g/mol. The Morgan fingerprint density at radius 1 is 1.18 bits per heavy atom. The lowest BCUT2D eigenvalue weighted by atomic mass is 10.00. The van der Waals surface area contributed by atoms with E-state index in [4.69, 9.17) is 0 Å². The lowest BCUT2D eigenvalue weighted by Gasteiger charge is -2.30. The second-order valence-electron chi connectivity index (χ2n) is 5.36. The Bertz CT molecular complexity index is 874. The number of nitrogens with zero attached hydrogens (tertiary/aromatic N) is 5. The number of fused-ring (bicyclic) bond motifs is 2. The molecule has 1 aliphatic heterocycles. The minimum Gasteiger partial charge on any atom is -0.351 e. The molecule has 0 saturated carbocycles. The van der Waals surface area contributed by atoms with Crippen molar-refractivity contribution < 1.29 is 0 Å². The molecule has 0 atom stereocenters. The van der Waals surface area contributed by atoms with E-state index in [1.54, 1.807) is 11.0 Å². The highest BCUT2D eigenvalue weighted by Crippen LogP contribution is 2.34. The maximum absolute atomic E-state index is 4.52. The van der Waals surface area contributed by atoms with Gasteiger partial charge in [-0.15, -0.1) is 0 Å². The van der Waals surface area contributed by atoms with Crippen molar-refractivity contribution >= 4 is 48.7 Å². The number of rotatable bonds is 1. The number of aromatic nitrogens is 4. The van der Waals surface area contributed by atoms with Crippen LogP contribution in [0.1, 0.15) is 11.1 Å². The van der Waals surface area contributed by atoms with Gasteiger partial charge in [0.05, 0.1) is 5.39 Å². The van der Waals surface area contributed by atoms with Crippen molar-refractivity contribution in [3.05, 3.63) is 44.7 Å². The number of halogens is 2. The first-order valence-corrected chi connectivity index (χ1v) is 8.58. The van der Waals surface area contributed by atoms with Gasteiger partial charge in [0.2, 0.25) is 0 Å². The molecule has 0 saturated heterocycles. The SMILES string of the molecule is Cn1nc(Br)c2c(N3CCc4cccc(Br)c4C3)ncnc21. The van der Waals surface area contributed by atoms with E-state index >= 15 is 0 Å². The molecule has 0 bridgehead atoms. The molecule has 4 rings (SSSR count). The topological polar surface area (TPSA) is 46.8 Å². The van der Waals surface area contributed by atoms with E-state index in [-0.39, 0.29) is 0 Å². The van der Waals surface area contributed by atoms with Crippen molar-refractivity contribution in [3.8, 4) is 0 Å². The maximum atomic E-state index is 4.52. The van der Waals surface area contributed by atoms with E-state index < -0.39 is 0 Å². The van der Waals surface area contributed by atoms with Crippen LogP contribution in [0.15, 0.2) is 33.6 Å². The standard InChI is InChI=1S/C15H13Br2N5/c1-21-14-12(13(17)20-21)15(19-8-18-14)22-6-5-9-3-2-4-11(16)10(9)7-22/h2-4,8H,5-7H2,1H3. The molecule has 0 amide bonds. The highest BCUT2D eigenvalue weighted by molar-refractivity contribution is 9.10. The fourth-order valence-corrected chi connectivity index (χ4v) is 4.11. The van der Waals surface area contributed by atoms with Crippen molar-refractivity contribution in [3.63, 3.8) is 0 Å². The van der Waals surface area contributed by atoms with Crippen LogP contribution in [0.25, 0.3) is 11.0 Å². The van der Waals surface area contributed by atoms with E-state index in [0.717, 1.165) is 45.4 Å². The summed E-state index contributed by atoms with van der Waals surface area (Å²) in [6.07, 6.45) is 2.62. The Hall–Kier alpha value is -1.47. The Kier molecular flexibility index (Phi) is 3.41. The highest BCUT2D eigenvalue weighted by Gasteiger charge is 2.23. The van der Waals surface area contributed by atoms with Crippen molar-refractivity contribution in [2.75, 3.05) is 11.4 Å². The van der Waals surface area contributed by atoms with Crippen LogP contribution in [0.5, 0.6) is 0 Å². The lowest BCUT2D eigenvalue weighted by molar-refractivity contribution is 0.720. The van der Waals surface area contributed by atoms with Gasteiger partial charge in [-0.25, -0.2) is 14.6 Å². The molecule has 112 valence electrons. The summed E-state index contributed by atoms with van der Waals surface area (Å²) in [5.74, 6) is 0.936. The Balaban J connectivity index is 1.83. The molecule has 7 heteroatoms. The summed E-state index contributed by atoms with van der Waals surface area (Å²) in [5, 5.41) is 5.38. The molecule has 0 unspecified atom stereocenters. The third kappa shape index (κ3) is 2.14. The van der Waals surface area contributed by atoms with Crippen molar-refractivity contribution in [1.29, 1.82) is 0 Å². The van der Waals surface area contributed by atoms with E-state index in [9.17, 15) is 0 Å². The summed E-state index contributed by atoms with van der Waals surface area (Å²) >= 11 is 7.20. The van der Waals surface area contributed by atoms with E-state index in [1.807, 2.05) is 7.05 Å². The first-order valence-electron chi connectivity index (χ1n) is 6.99. The molecule has 0 spiro atoms. The van der Waals surface area contributed by atoms with E-state index in [0.29, 0.717) is 0 Å². The highest BCUT2D eigenvalue weighted by atomic mass is 79.9. The summed E-state index contributed by atoms with van der Waals surface area (Å²) in [7, 11) is 1.89. The Morgan fingerprint density at radius 3 is 2.91 bits per heavy atom. The van der Waals surface area contributed by atoms with Gasteiger partial charge >= 0.3 is 0 Å². The van der Waals surface area contributed by atoms with E-state index in [2.05, 4.69) is 70.0 Å². The van der Waals surface area contributed by atoms with Crippen molar-refractivity contribution in [2.24, 2.45) is 7.05 Å². The van der Waals surface area contributed by atoms with Gasteiger partial charge in [0.25, 0.3) is 0 Å². The Morgan fingerprint density at radius 2 is 2.05 bits per heavy atom. The third-order valence-corrected chi connectivity index (χ3v) is 5.37. The van der Waals surface area contributed by atoms with Gasteiger partial charge in [-0.2, -0.15) is 5.10 Å². The second-order valence-corrected chi connectivity index (χ2v) is 6.96. The van der Waals surface area contributed by atoms with Gasteiger partial charge in [-0.3, -0.25) is 0 Å². The first kappa shape index (κ1) is 14.1. The number of anilines is 1. The molecular formula is C15H13Br2N5. The minimum absolute atomic E-state index is 0.790. The van der Waals surface area contributed by atoms with Gasteiger partial charge in [-0.1, -0.05) is 28.1 Å². The number of hydrogen-bond donors (Lipinski definition) is 0. The number of hydrogen-bond acceptors (Lipinski definition) is 4. The van der Waals surface area contributed by atoms with Gasteiger partial charge in [-0.05, 0) is 39.5 Å². The first-order chi connectivity index (χ1) is 10.6. The molecule has 0 N–H and O–H groups in total. The zero-order chi connectivity index (χ0) is 15.3. The van der Waals surface area contributed by atoms with Gasteiger partial charge in [0, 0.05) is 24.6 Å². The molecule has 22 heavy (non-hydrogen) atoms. The summed E-state index contributed by atoms with van der Waals surface area (Å²) < 4.78 is 3.72. The molecule has 5 nitrogen and oxygen atoms in total. The zero-order valence-corrected chi connectivity index (χ0v) is 15.1. The van der Waals surface area contributed by atoms with Crippen LogP contribution < -0.4 is 4.90 Å². The monoisotopic (exact) mass is 421 g/mol. The quantitative estimate of drug-likeness (QED) is 0.602. The zero-order valence-electron chi connectivity index (χ0n) is 11.9. The molecule has 2 aromatic heterocycles. The van der Waals surface area contributed by atoms with Crippen LogP contribution in [0.4, 0.5) is 5.82 Å². The predicted molar refractivity (Wildman–Crippen MR) is 92.9 cm³/mol. The minimum atomic E-state index is 0.790. The molecule has 1 aromatic carbocycles. The summed E-state index contributed by atoms with van der Waals surface area (Å²) in [6.45, 7) is 1.78. The van der Waals surface area contributed by atoms with Crippen LogP contribution >= 0.6 is 31.9 Å². The molecule has 1 aliphatic rings. The number of benzene rings is 1. The molecule has 3 aromatic rings. The molecular weight excluding hydrogens is 410 g/mol. The summed E-state index contributed by atoms with van der Waals surface area (Å²) in [5.41, 5.74) is 3.58. The van der Waals surface area contributed by atoms with Gasteiger partial charge < -0.3 is 4.90 Å². The number of aryl methyl sites for hydroxylation is 1. The smallest absolute Gasteiger partial charge is 0.164 e. The summed E-state index contributed by atoms with van der Waals surface area (Å²) in [6, 6.07) is 6.39. The van der Waals surface area contributed by atoms with Crippen LogP contribution in [0, 0.1) is 0 Å². The molecule has 0 aliphatic carbocycles. The lowest BCUT2D eigenvalue weighted by Crippen LogP contribution is -2.31. The molecule has 3 heterocycles. The van der Waals surface area contributed by atoms with Crippen LogP contribution in [-0.4, -0.2) is 26.3 Å². The largest absolute Gasteiger partial charge is 0.351 e. The average Bonchev–Trinajstić information content (AvgIpc) is 2.82. The fourth-order valence-electron chi connectivity index (χ4n) is 2.99. The van der Waals surface area contributed by atoms with Crippen LogP contribution in [0.3, 0.4) is 0 Å². The predicted octanol–water partition coefficient (Wildman–Crippen LogP) is 3.45. The second kappa shape index (κ2) is 5.31. The van der Waals surface area contributed by atoms with E-state index in [1.165, 1.54) is 11.1 Å². The molecule has 0 radical (unpaired) electrons. The van der Waals surface area contributed by atoms with Crippen LogP contribution in [-0.2, 0) is 20.0 Å². The Labute approximate surface area is 144 Å². The van der Waals surface area contributed by atoms with Gasteiger partial charge in [0.1, 0.15) is 16.7 Å². The van der Waals surface area contributed by atoms with Crippen molar-refractivity contribution in [2.45, 2.75) is 13.0 Å². The third-order valence-electron chi connectivity index (χ3n) is 4.07. The van der Waals surface area contributed by atoms with Crippen molar-refractivity contribution in [1.82, 2.24) is 19.7 Å². The molecule has 0 fully saturated rings. The maximum Gasteiger partial charge on any atom is 0.164 e. The van der Waals surface area contributed by atoms with Crippen LogP contribution in [0.2, 0.25) is 0 Å². The fraction of sp³-hybridized carbons (Fsp3) is 0.267. The summed E-state index contributed by atoms with van der Waals surface area (Å²) in [4.78, 5) is 11.2. The normalized spacial score (nSPS) is 14.4. The van der Waals surface area contributed by atoms with Gasteiger partial charge in [0.15, 0.2) is 5.65 Å².